The maximum atomic E-state index is 13.3. The number of rotatable bonds is 5. The van der Waals surface area contributed by atoms with Gasteiger partial charge in [-0.25, -0.2) is 9.07 Å². The zero-order valence-electron chi connectivity index (χ0n) is 14.2. The van der Waals surface area contributed by atoms with Gasteiger partial charge in [-0.3, -0.25) is 4.79 Å². The van der Waals surface area contributed by atoms with E-state index in [2.05, 4.69) is 5.10 Å². The molecule has 27 heavy (non-hydrogen) atoms. The predicted octanol–water partition coefficient (Wildman–Crippen LogP) is 5.64. The van der Waals surface area contributed by atoms with Crippen LogP contribution in [0.1, 0.15) is 15.2 Å². The molecule has 0 atom stereocenters. The molecule has 0 amide bonds. The molecule has 132 valence electrons. The Morgan fingerprint density at radius 3 is 2.48 bits per heavy atom. The third-order valence-electron chi connectivity index (χ3n) is 4.06. The Bertz CT molecular complexity index is 1080. The van der Waals surface area contributed by atoms with Crippen LogP contribution in [0.2, 0.25) is 0 Å². The molecule has 0 bridgehead atoms. The van der Waals surface area contributed by atoms with Crippen LogP contribution in [0.15, 0.2) is 84.4 Å². The lowest BCUT2D eigenvalue weighted by atomic mass is 10.1. The summed E-state index contributed by atoms with van der Waals surface area (Å²) in [4.78, 5) is 13.0. The Hall–Kier alpha value is -3.31. The maximum Gasteiger partial charge on any atom is 0.195 e. The normalized spacial score (nSPS) is 11.1. The van der Waals surface area contributed by atoms with Crippen LogP contribution in [0.3, 0.4) is 0 Å². The van der Waals surface area contributed by atoms with E-state index in [1.807, 2.05) is 48.0 Å². The highest BCUT2D eigenvalue weighted by molar-refractivity contribution is 7.12. The first kappa shape index (κ1) is 17.1. The molecule has 4 rings (SSSR count). The van der Waals surface area contributed by atoms with E-state index in [0.717, 1.165) is 16.8 Å². The topological polar surface area (TPSA) is 34.9 Å². The number of para-hydroxylation sites is 1. The van der Waals surface area contributed by atoms with Crippen molar-refractivity contribution in [1.82, 2.24) is 9.78 Å². The van der Waals surface area contributed by atoms with Gasteiger partial charge >= 0.3 is 0 Å². The van der Waals surface area contributed by atoms with Crippen molar-refractivity contribution in [3.8, 4) is 16.9 Å². The number of benzene rings is 2. The number of ketones is 1. The third-order valence-corrected chi connectivity index (χ3v) is 4.94. The summed E-state index contributed by atoms with van der Waals surface area (Å²) in [5.74, 6) is -0.353. The lowest BCUT2D eigenvalue weighted by molar-refractivity contribution is 0.105. The van der Waals surface area contributed by atoms with Gasteiger partial charge < -0.3 is 0 Å². The molecule has 4 aromatic rings. The number of carbonyl (C=O) groups is 1. The first-order valence-corrected chi connectivity index (χ1v) is 9.25. The van der Waals surface area contributed by atoms with Crippen LogP contribution >= 0.6 is 11.3 Å². The third kappa shape index (κ3) is 3.78. The minimum absolute atomic E-state index is 0.0532. The SMILES string of the molecule is O=C(/C=C\c1cn(-c2ccccc2)nc1-c1ccc(F)cc1)c1cccs1. The quantitative estimate of drug-likeness (QED) is 0.335. The van der Waals surface area contributed by atoms with Crippen molar-refractivity contribution in [3.63, 3.8) is 0 Å². The molecule has 0 unspecified atom stereocenters. The van der Waals surface area contributed by atoms with E-state index in [-0.39, 0.29) is 11.6 Å². The van der Waals surface area contributed by atoms with E-state index in [4.69, 9.17) is 0 Å². The summed E-state index contributed by atoms with van der Waals surface area (Å²) in [6.45, 7) is 0. The van der Waals surface area contributed by atoms with Crippen LogP contribution < -0.4 is 0 Å². The molecule has 0 aliphatic heterocycles. The van der Waals surface area contributed by atoms with E-state index in [1.54, 1.807) is 35.0 Å². The Balaban J connectivity index is 1.75. The van der Waals surface area contributed by atoms with Gasteiger partial charge in [-0.05, 0) is 60.0 Å². The smallest absolute Gasteiger partial charge is 0.195 e. The number of thiophene rings is 1. The van der Waals surface area contributed by atoms with Gasteiger partial charge in [0, 0.05) is 17.3 Å². The fraction of sp³-hybridized carbons (Fsp3) is 0. The van der Waals surface area contributed by atoms with Gasteiger partial charge in [0.15, 0.2) is 5.78 Å². The van der Waals surface area contributed by atoms with Crippen LogP contribution in [-0.4, -0.2) is 15.6 Å². The van der Waals surface area contributed by atoms with E-state index in [1.165, 1.54) is 23.5 Å². The summed E-state index contributed by atoms with van der Waals surface area (Å²) in [6.07, 6.45) is 5.17. The van der Waals surface area contributed by atoms with E-state index in [9.17, 15) is 9.18 Å². The summed E-state index contributed by atoms with van der Waals surface area (Å²) in [6, 6.07) is 19.5. The van der Waals surface area contributed by atoms with Crippen molar-refractivity contribution >= 4 is 23.2 Å². The highest BCUT2D eigenvalue weighted by Gasteiger charge is 2.11. The van der Waals surface area contributed by atoms with Gasteiger partial charge in [0.05, 0.1) is 16.3 Å². The fourth-order valence-corrected chi connectivity index (χ4v) is 3.37. The van der Waals surface area contributed by atoms with E-state index < -0.39 is 0 Å². The molecule has 5 heteroatoms. The second-order valence-corrected chi connectivity index (χ2v) is 6.84. The number of hydrogen-bond acceptors (Lipinski definition) is 3. The van der Waals surface area contributed by atoms with E-state index in [0.29, 0.717) is 10.6 Å². The summed E-state index contributed by atoms with van der Waals surface area (Å²) in [5, 5.41) is 6.53. The minimum Gasteiger partial charge on any atom is -0.288 e. The van der Waals surface area contributed by atoms with Crippen LogP contribution in [0.25, 0.3) is 23.0 Å². The predicted molar refractivity (Wildman–Crippen MR) is 107 cm³/mol. The van der Waals surface area contributed by atoms with Crippen molar-refractivity contribution in [2.45, 2.75) is 0 Å². The van der Waals surface area contributed by atoms with Gasteiger partial charge in [0.25, 0.3) is 0 Å². The maximum absolute atomic E-state index is 13.3. The van der Waals surface area contributed by atoms with Crippen molar-refractivity contribution in [2.24, 2.45) is 0 Å². The second kappa shape index (κ2) is 7.51. The summed E-state index contributed by atoms with van der Waals surface area (Å²) in [5.41, 5.74) is 3.17. The number of halogens is 1. The number of allylic oxidation sites excluding steroid dienone is 1. The summed E-state index contributed by atoms with van der Waals surface area (Å²) >= 11 is 1.41. The molecule has 0 saturated heterocycles. The Morgan fingerprint density at radius 2 is 1.78 bits per heavy atom. The minimum atomic E-state index is -0.300. The largest absolute Gasteiger partial charge is 0.288 e. The molecule has 2 heterocycles. The molecule has 0 fully saturated rings. The zero-order valence-corrected chi connectivity index (χ0v) is 15.1. The molecule has 0 aliphatic rings. The molecule has 0 spiro atoms. The van der Waals surface area contributed by atoms with Crippen LogP contribution in [0, 0.1) is 5.82 Å². The van der Waals surface area contributed by atoms with E-state index >= 15 is 0 Å². The molecule has 0 radical (unpaired) electrons. The molecule has 3 nitrogen and oxygen atoms in total. The second-order valence-electron chi connectivity index (χ2n) is 5.89. The zero-order chi connectivity index (χ0) is 18.6. The van der Waals surface area contributed by atoms with Crippen molar-refractivity contribution in [1.29, 1.82) is 0 Å². The molecule has 0 saturated carbocycles. The first-order chi connectivity index (χ1) is 13.2. The molecular weight excluding hydrogens is 359 g/mol. The fourth-order valence-electron chi connectivity index (χ4n) is 2.72. The lowest BCUT2D eigenvalue weighted by Gasteiger charge is -2.00. The Labute approximate surface area is 160 Å². The average molecular weight is 374 g/mol. The number of hydrogen-bond donors (Lipinski definition) is 0. The lowest BCUT2D eigenvalue weighted by Crippen LogP contribution is -1.94. The van der Waals surface area contributed by atoms with Crippen LogP contribution in [0.4, 0.5) is 4.39 Å². The molecule has 0 aliphatic carbocycles. The first-order valence-electron chi connectivity index (χ1n) is 8.38. The monoisotopic (exact) mass is 374 g/mol. The van der Waals surface area contributed by atoms with Crippen molar-refractivity contribution in [3.05, 3.63) is 101 Å². The van der Waals surface area contributed by atoms with Gasteiger partial charge in [0.2, 0.25) is 0 Å². The standard InChI is InChI=1S/C22H15FN2OS/c23-18-11-8-16(9-12-18)22-17(10-13-20(26)21-7-4-14-27-21)15-25(24-22)19-5-2-1-3-6-19/h1-15H/b13-10-. The van der Waals surface area contributed by atoms with Crippen LogP contribution in [0.5, 0.6) is 0 Å². The molecule has 0 N–H and O–H groups in total. The number of carbonyl (C=O) groups excluding carboxylic acids is 1. The molecule has 2 aromatic heterocycles. The van der Waals surface area contributed by atoms with Gasteiger partial charge in [-0.15, -0.1) is 11.3 Å². The van der Waals surface area contributed by atoms with Gasteiger partial charge in [-0.1, -0.05) is 24.3 Å². The number of nitrogens with zero attached hydrogens (tertiary/aromatic N) is 2. The Morgan fingerprint density at radius 1 is 1.00 bits per heavy atom. The highest BCUT2D eigenvalue weighted by Crippen LogP contribution is 2.25. The molecule has 2 aromatic carbocycles. The number of aromatic nitrogens is 2. The van der Waals surface area contributed by atoms with Crippen molar-refractivity contribution < 1.29 is 9.18 Å². The Kier molecular flexibility index (Phi) is 4.77. The van der Waals surface area contributed by atoms with Crippen molar-refractivity contribution in [2.75, 3.05) is 0 Å². The van der Waals surface area contributed by atoms with Gasteiger partial charge in [-0.2, -0.15) is 5.10 Å². The van der Waals surface area contributed by atoms with Crippen LogP contribution in [-0.2, 0) is 0 Å². The summed E-state index contributed by atoms with van der Waals surface area (Å²) < 4.78 is 15.1. The summed E-state index contributed by atoms with van der Waals surface area (Å²) in [7, 11) is 0. The highest BCUT2D eigenvalue weighted by atomic mass is 32.1. The van der Waals surface area contributed by atoms with Gasteiger partial charge in [0.1, 0.15) is 5.82 Å². The average Bonchev–Trinajstić information content (AvgIpc) is 3.38. The molecular formula is C22H15FN2OS.